The van der Waals surface area contributed by atoms with E-state index in [2.05, 4.69) is 25.9 Å². The summed E-state index contributed by atoms with van der Waals surface area (Å²) in [6.45, 7) is 8.78. The average Bonchev–Trinajstić information content (AvgIpc) is 2.50. The third-order valence-electron chi connectivity index (χ3n) is 3.33. The molecule has 0 aliphatic heterocycles. The van der Waals surface area contributed by atoms with Gasteiger partial charge in [-0.15, -0.1) is 0 Å². The van der Waals surface area contributed by atoms with E-state index < -0.39 is 0 Å². The van der Waals surface area contributed by atoms with Crippen molar-refractivity contribution in [2.45, 2.75) is 47.0 Å². The monoisotopic (exact) mass is 205 g/mol. The Kier molecular flexibility index (Phi) is 2.45. The maximum absolute atomic E-state index is 5.40. The first-order valence-corrected chi connectivity index (χ1v) is 5.64. The molecule has 15 heavy (non-hydrogen) atoms. The Morgan fingerprint density at radius 1 is 1.33 bits per heavy atom. The first-order valence-electron chi connectivity index (χ1n) is 5.64. The molecule has 0 radical (unpaired) electrons. The summed E-state index contributed by atoms with van der Waals surface area (Å²) in [6.07, 6.45) is 3.72. The quantitative estimate of drug-likeness (QED) is 0.693. The van der Waals surface area contributed by atoms with Crippen molar-refractivity contribution in [2.75, 3.05) is 0 Å². The molecule has 2 nitrogen and oxygen atoms in total. The summed E-state index contributed by atoms with van der Waals surface area (Å²) in [5, 5.41) is 3.98. The van der Waals surface area contributed by atoms with Crippen LogP contribution in [0.15, 0.2) is 16.2 Å². The van der Waals surface area contributed by atoms with Crippen LogP contribution in [0.25, 0.3) is 5.57 Å². The van der Waals surface area contributed by atoms with Crippen LogP contribution in [0.1, 0.15) is 51.5 Å². The summed E-state index contributed by atoms with van der Waals surface area (Å²) < 4.78 is 5.40. The van der Waals surface area contributed by atoms with Gasteiger partial charge in [0.25, 0.3) is 0 Å². The van der Waals surface area contributed by atoms with Gasteiger partial charge >= 0.3 is 0 Å². The molecule has 2 heteroatoms. The zero-order valence-corrected chi connectivity index (χ0v) is 10.1. The number of aryl methyl sites for hydroxylation is 1. The molecule has 0 saturated carbocycles. The molecule has 0 bridgehead atoms. The molecule has 0 unspecified atom stereocenters. The van der Waals surface area contributed by atoms with E-state index in [-0.39, 0.29) is 5.41 Å². The fourth-order valence-electron chi connectivity index (χ4n) is 2.65. The van der Waals surface area contributed by atoms with Crippen molar-refractivity contribution in [1.82, 2.24) is 5.16 Å². The molecule has 0 saturated heterocycles. The number of allylic oxidation sites excluding steroid dienone is 2. The molecule has 2 rings (SSSR count). The lowest BCUT2D eigenvalue weighted by Crippen LogP contribution is -2.18. The summed E-state index contributed by atoms with van der Waals surface area (Å²) in [7, 11) is 0. The minimum atomic E-state index is 0.230. The normalized spacial score (nSPS) is 20.8. The number of rotatable bonds is 1. The summed E-state index contributed by atoms with van der Waals surface area (Å²) in [4.78, 5) is 0. The molecule has 1 aromatic heterocycles. The van der Waals surface area contributed by atoms with Crippen LogP contribution in [0.5, 0.6) is 0 Å². The number of hydrogen-bond donors (Lipinski definition) is 0. The molecule has 1 aliphatic carbocycles. The molecule has 0 amide bonds. The fourth-order valence-corrected chi connectivity index (χ4v) is 2.65. The standard InChI is InChI=1S/C13H19NO/c1-9-6-5-7-13(3,4)12(9)11-8-10(2)14-15-11/h8H,5-7H2,1-4H3. The highest BCUT2D eigenvalue weighted by molar-refractivity contribution is 5.69. The van der Waals surface area contributed by atoms with Gasteiger partial charge in [-0.25, -0.2) is 0 Å². The average molecular weight is 205 g/mol. The Balaban J connectivity index is 2.49. The van der Waals surface area contributed by atoms with Crippen molar-refractivity contribution in [3.8, 4) is 0 Å². The van der Waals surface area contributed by atoms with Gasteiger partial charge in [0.1, 0.15) is 0 Å². The van der Waals surface area contributed by atoms with Crippen LogP contribution in [0, 0.1) is 12.3 Å². The van der Waals surface area contributed by atoms with Crippen molar-refractivity contribution >= 4 is 5.57 Å². The molecule has 82 valence electrons. The molecular weight excluding hydrogens is 186 g/mol. The van der Waals surface area contributed by atoms with E-state index in [1.54, 1.807) is 0 Å². The zero-order valence-electron chi connectivity index (χ0n) is 10.1. The zero-order chi connectivity index (χ0) is 11.1. The van der Waals surface area contributed by atoms with Gasteiger partial charge in [-0.05, 0) is 38.5 Å². The van der Waals surface area contributed by atoms with Crippen LogP contribution in [0.2, 0.25) is 0 Å². The highest BCUT2D eigenvalue weighted by atomic mass is 16.5. The molecule has 0 N–H and O–H groups in total. The van der Waals surface area contributed by atoms with Crippen molar-refractivity contribution < 1.29 is 4.52 Å². The lowest BCUT2D eigenvalue weighted by atomic mass is 9.72. The van der Waals surface area contributed by atoms with Crippen LogP contribution in [-0.2, 0) is 0 Å². The van der Waals surface area contributed by atoms with Crippen LogP contribution < -0.4 is 0 Å². The number of aromatic nitrogens is 1. The van der Waals surface area contributed by atoms with Gasteiger partial charge in [-0.1, -0.05) is 24.6 Å². The molecule has 1 heterocycles. The van der Waals surface area contributed by atoms with E-state index >= 15 is 0 Å². The van der Waals surface area contributed by atoms with Crippen LogP contribution in [-0.4, -0.2) is 5.16 Å². The Morgan fingerprint density at radius 3 is 2.60 bits per heavy atom. The second kappa shape index (κ2) is 3.51. The van der Waals surface area contributed by atoms with Crippen LogP contribution in [0.4, 0.5) is 0 Å². The van der Waals surface area contributed by atoms with Gasteiger partial charge in [0, 0.05) is 11.6 Å². The summed E-state index contributed by atoms with van der Waals surface area (Å²) >= 11 is 0. The van der Waals surface area contributed by atoms with Gasteiger partial charge in [0.05, 0.1) is 5.69 Å². The minimum Gasteiger partial charge on any atom is -0.356 e. The summed E-state index contributed by atoms with van der Waals surface area (Å²) in [5.41, 5.74) is 4.03. The molecule has 0 atom stereocenters. The van der Waals surface area contributed by atoms with E-state index in [4.69, 9.17) is 4.52 Å². The molecular formula is C13H19NO. The number of hydrogen-bond acceptors (Lipinski definition) is 2. The topological polar surface area (TPSA) is 26.0 Å². The first kappa shape index (κ1) is 10.5. The summed E-state index contributed by atoms with van der Waals surface area (Å²) in [5.74, 6) is 0.967. The lowest BCUT2D eigenvalue weighted by Gasteiger charge is -2.32. The van der Waals surface area contributed by atoms with E-state index in [0.29, 0.717) is 0 Å². The highest BCUT2D eigenvalue weighted by Gasteiger charge is 2.31. The lowest BCUT2D eigenvalue weighted by molar-refractivity contribution is 0.367. The Labute approximate surface area is 91.4 Å². The molecule has 0 spiro atoms. The molecule has 1 aromatic rings. The molecule has 0 aromatic carbocycles. The first-order chi connectivity index (χ1) is 7.00. The number of nitrogens with zero attached hydrogens (tertiary/aromatic N) is 1. The predicted molar refractivity (Wildman–Crippen MR) is 61.5 cm³/mol. The van der Waals surface area contributed by atoms with Crippen molar-refractivity contribution in [3.05, 3.63) is 23.1 Å². The van der Waals surface area contributed by atoms with Crippen LogP contribution in [0.3, 0.4) is 0 Å². The van der Waals surface area contributed by atoms with Crippen molar-refractivity contribution in [1.29, 1.82) is 0 Å². The van der Waals surface area contributed by atoms with Gasteiger partial charge in [0.2, 0.25) is 0 Å². The second-order valence-corrected chi connectivity index (χ2v) is 5.23. The highest BCUT2D eigenvalue weighted by Crippen LogP contribution is 2.45. The third-order valence-corrected chi connectivity index (χ3v) is 3.33. The fraction of sp³-hybridized carbons (Fsp3) is 0.615. The minimum absolute atomic E-state index is 0.230. The van der Waals surface area contributed by atoms with E-state index in [0.717, 1.165) is 11.5 Å². The van der Waals surface area contributed by atoms with Crippen molar-refractivity contribution in [2.24, 2.45) is 5.41 Å². The van der Waals surface area contributed by atoms with Crippen LogP contribution >= 0.6 is 0 Å². The van der Waals surface area contributed by atoms with E-state index in [9.17, 15) is 0 Å². The molecule has 0 fully saturated rings. The summed E-state index contributed by atoms with van der Waals surface area (Å²) in [6, 6.07) is 2.05. The maximum atomic E-state index is 5.40. The third kappa shape index (κ3) is 1.85. The van der Waals surface area contributed by atoms with E-state index in [1.807, 2.05) is 13.0 Å². The smallest absolute Gasteiger partial charge is 0.163 e. The Bertz CT molecular complexity index is 398. The second-order valence-electron chi connectivity index (χ2n) is 5.23. The van der Waals surface area contributed by atoms with E-state index in [1.165, 1.54) is 30.4 Å². The van der Waals surface area contributed by atoms with Gasteiger partial charge in [-0.3, -0.25) is 0 Å². The predicted octanol–water partition coefficient (Wildman–Crippen LogP) is 3.97. The van der Waals surface area contributed by atoms with Crippen molar-refractivity contribution in [3.63, 3.8) is 0 Å². The molecule has 1 aliphatic rings. The SMILES string of the molecule is CC1=C(c2cc(C)no2)C(C)(C)CCC1. The maximum Gasteiger partial charge on any atom is 0.163 e. The Morgan fingerprint density at radius 2 is 2.07 bits per heavy atom. The van der Waals surface area contributed by atoms with Gasteiger partial charge in [-0.2, -0.15) is 0 Å². The van der Waals surface area contributed by atoms with Gasteiger partial charge in [0.15, 0.2) is 5.76 Å². The van der Waals surface area contributed by atoms with Gasteiger partial charge < -0.3 is 4.52 Å². The Hall–Kier alpha value is -1.05. The largest absolute Gasteiger partial charge is 0.356 e.